The molecule has 0 spiro atoms. The number of thiophene rings is 1. The molecule has 0 saturated carbocycles. The number of allylic oxidation sites excluding steroid dienone is 1. The minimum Gasteiger partial charge on any atom is -0.480 e. The van der Waals surface area contributed by atoms with E-state index < -0.39 is 12.0 Å². The number of nitrogens with zero attached hydrogens (tertiary/aromatic N) is 1. The minimum atomic E-state index is -1.05. The predicted molar refractivity (Wildman–Crippen MR) is 93.1 cm³/mol. The van der Waals surface area contributed by atoms with Crippen LogP contribution in [0.3, 0.4) is 0 Å². The lowest BCUT2D eigenvalue weighted by Gasteiger charge is -2.11. The van der Waals surface area contributed by atoms with Gasteiger partial charge >= 0.3 is 5.97 Å². The van der Waals surface area contributed by atoms with Gasteiger partial charge in [0.15, 0.2) is 0 Å². The number of hydrogen-bond donors (Lipinski definition) is 2. The second-order valence-electron chi connectivity index (χ2n) is 4.69. The molecule has 0 radical (unpaired) electrons. The molecule has 0 fully saturated rings. The van der Waals surface area contributed by atoms with E-state index in [2.05, 4.69) is 10.3 Å². The van der Waals surface area contributed by atoms with Crippen LogP contribution in [-0.2, 0) is 16.0 Å². The predicted octanol–water partition coefficient (Wildman–Crippen LogP) is 3.60. The lowest BCUT2D eigenvalue weighted by Crippen LogP contribution is -2.41. The van der Waals surface area contributed by atoms with Gasteiger partial charge in [-0.25, -0.2) is 9.78 Å². The number of carbonyl (C=O) groups excluding carboxylic acids is 1. The highest BCUT2D eigenvalue weighted by Crippen LogP contribution is 2.32. The van der Waals surface area contributed by atoms with Crippen molar-refractivity contribution in [3.63, 3.8) is 0 Å². The monoisotopic (exact) mass is 370 g/mol. The quantitative estimate of drug-likeness (QED) is 0.730. The van der Waals surface area contributed by atoms with Gasteiger partial charge in [-0.05, 0) is 25.5 Å². The Morgan fingerprint density at radius 2 is 2.26 bits per heavy atom. The summed E-state index contributed by atoms with van der Waals surface area (Å²) in [5, 5.41) is 14.2. The summed E-state index contributed by atoms with van der Waals surface area (Å²) in [5.74, 6) is -1.41. The first kappa shape index (κ1) is 17.7. The van der Waals surface area contributed by atoms with Crippen LogP contribution in [0.25, 0.3) is 9.88 Å². The SMILES string of the molecule is C/C=C/CC(NC(=O)Cc1csc(-c2ccc(Cl)s2)n1)C(=O)O. The molecule has 8 heteroatoms. The van der Waals surface area contributed by atoms with Gasteiger partial charge in [0.1, 0.15) is 11.0 Å². The Bertz CT molecular complexity index is 724. The average Bonchev–Trinajstić information content (AvgIpc) is 3.12. The molecule has 0 saturated heterocycles. The topological polar surface area (TPSA) is 79.3 Å². The van der Waals surface area contributed by atoms with Crippen LogP contribution in [0.5, 0.6) is 0 Å². The first-order chi connectivity index (χ1) is 11.0. The first-order valence-corrected chi connectivity index (χ1v) is 8.90. The molecular weight excluding hydrogens is 356 g/mol. The van der Waals surface area contributed by atoms with Crippen LogP contribution in [0.2, 0.25) is 4.34 Å². The maximum atomic E-state index is 12.0. The van der Waals surface area contributed by atoms with Crippen molar-refractivity contribution in [2.24, 2.45) is 0 Å². The van der Waals surface area contributed by atoms with Crippen molar-refractivity contribution in [1.82, 2.24) is 10.3 Å². The molecule has 0 aromatic carbocycles. The van der Waals surface area contributed by atoms with Crippen LogP contribution in [0.1, 0.15) is 19.0 Å². The van der Waals surface area contributed by atoms with Crippen LogP contribution < -0.4 is 5.32 Å². The van der Waals surface area contributed by atoms with Crippen LogP contribution >= 0.6 is 34.3 Å². The number of amides is 1. The highest BCUT2D eigenvalue weighted by molar-refractivity contribution is 7.23. The number of carboxylic acid groups (broad SMARTS) is 1. The zero-order valence-corrected chi connectivity index (χ0v) is 14.7. The van der Waals surface area contributed by atoms with E-state index in [-0.39, 0.29) is 18.7 Å². The highest BCUT2D eigenvalue weighted by atomic mass is 35.5. The van der Waals surface area contributed by atoms with Crippen molar-refractivity contribution in [2.75, 3.05) is 0 Å². The number of carboxylic acids is 1. The second kappa shape index (κ2) is 8.24. The van der Waals surface area contributed by atoms with E-state index >= 15 is 0 Å². The Labute approximate surface area is 146 Å². The molecule has 0 aliphatic heterocycles. The fraction of sp³-hybridized carbons (Fsp3) is 0.267. The molecule has 2 heterocycles. The summed E-state index contributed by atoms with van der Waals surface area (Å²) in [6, 6.07) is 2.76. The molecule has 5 nitrogen and oxygen atoms in total. The van der Waals surface area contributed by atoms with E-state index in [4.69, 9.17) is 16.7 Å². The third-order valence-corrected chi connectivity index (χ3v) is 5.21. The Balaban J connectivity index is 1.97. The number of carbonyl (C=O) groups is 2. The fourth-order valence-corrected chi connectivity index (χ4v) is 3.77. The molecule has 0 aliphatic rings. The summed E-state index contributed by atoms with van der Waals surface area (Å²) < 4.78 is 0.683. The van der Waals surface area contributed by atoms with E-state index in [0.29, 0.717) is 10.0 Å². The van der Waals surface area contributed by atoms with Gasteiger partial charge in [-0.3, -0.25) is 4.79 Å². The van der Waals surface area contributed by atoms with E-state index in [0.717, 1.165) is 9.88 Å². The Hall–Kier alpha value is -1.70. The number of thiazole rings is 1. The maximum absolute atomic E-state index is 12.0. The van der Waals surface area contributed by atoms with Gasteiger partial charge in [0.2, 0.25) is 5.91 Å². The summed E-state index contributed by atoms with van der Waals surface area (Å²) in [4.78, 5) is 28.4. The molecule has 2 N–H and O–H groups in total. The average molecular weight is 371 g/mol. The van der Waals surface area contributed by atoms with Crippen molar-refractivity contribution in [2.45, 2.75) is 25.8 Å². The molecule has 2 aromatic heterocycles. The summed E-state index contributed by atoms with van der Waals surface area (Å²) in [5.41, 5.74) is 0.613. The van der Waals surface area contributed by atoms with E-state index in [9.17, 15) is 9.59 Å². The van der Waals surface area contributed by atoms with E-state index in [1.54, 1.807) is 30.5 Å². The number of rotatable bonds is 7. The molecule has 1 amide bonds. The van der Waals surface area contributed by atoms with Crippen molar-refractivity contribution >= 4 is 46.2 Å². The van der Waals surface area contributed by atoms with Gasteiger partial charge < -0.3 is 10.4 Å². The van der Waals surface area contributed by atoms with Gasteiger partial charge in [0, 0.05) is 5.38 Å². The molecule has 122 valence electrons. The second-order valence-corrected chi connectivity index (χ2v) is 7.26. The molecule has 2 rings (SSSR count). The van der Waals surface area contributed by atoms with Crippen LogP contribution in [0, 0.1) is 0 Å². The molecule has 1 atom stereocenters. The molecule has 0 bridgehead atoms. The van der Waals surface area contributed by atoms with Gasteiger partial charge in [0.05, 0.1) is 21.3 Å². The highest BCUT2D eigenvalue weighted by Gasteiger charge is 2.19. The zero-order valence-electron chi connectivity index (χ0n) is 12.3. The largest absolute Gasteiger partial charge is 0.480 e. The Morgan fingerprint density at radius 1 is 1.48 bits per heavy atom. The van der Waals surface area contributed by atoms with Crippen LogP contribution in [0.15, 0.2) is 29.7 Å². The number of aromatic nitrogens is 1. The molecule has 2 aromatic rings. The zero-order chi connectivity index (χ0) is 16.8. The summed E-state index contributed by atoms with van der Waals surface area (Å²) in [6.07, 6.45) is 3.77. The summed E-state index contributed by atoms with van der Waals surface area (Å²) in [7, 11) is 0. The molecule has 1 unspecified atom stereocenters. The Kier molecular flexibility index (Phi) is 6.32. The lowest BCUT2D eigenvalue weighted by molar-refractivity contribution is -0.141. The number of hydrogen-bond acceptors (Lipinski definition) is 5. The third-order valence-electron chi connectivity index (χ3n) is 2.92. The molecular formula is C15H15ClN2O3S2. The normalized spacial score (nSPS) is 12.4. The maximum Gasteiger partial charge on any atom is 0.326 e. The fourth-order valence-electron chi connectivity index (χ4n) is 1.83. The van der Waals surface area contributed by atoms with Crippen molar-refractivity contribution < 1.29 is 14.7 Å². The third kappa shape index (κ3) is 5.16. The van der Waals surface area contributed by atoms with Gasteiger partial charge in [-0.1, -0.05) is 23.8 Å². The number of nitrogens with one attached hydrogen (secondary N) is 1. The standard InChI is InChI=1S/C15H15ClN2O3S2/c1-2-3-4-10(15(20)21)18-13(19)7-9-8-22-14(17-9)11-5-6-12(16)23-11/h2-3,5-6,8,10H,4,7H2,1H3,(H,18,19)(H,20,21)/b3-2+. The minimum absolute atomic E-state index is 0.0508. The molecule has 0 aliphatic carbocycles. The summed E-state index contributed by atoms with van der Waals surface area (Å²) in [6.45, 7) is 1.80. The van der Waals surface area contributed by atoms with Gasteiger partial charge in [-0.2, -0.15) is 0 Å². The van der Waals surface area contributed by atoms with Crippen molar-refractivity contribution in [3.05, 3.63) is 39.7 Å². The number of halogens is 1. The number of aliphatic carboxylic acids is 1. The van der Waals surface area contributed by atoms with E-state index in [1.165, 1.54) is 22.7 Å². The van der Waals surface area contributed by atoms with Gasteiger partial charge in [0.25, 0.3) is 0 Å². The first-order valence-electron chi connectivity index (χ1n) is 6.83. The van der Waals surface area contributed by atoms with Crippen LogP contribution in [-0.4, -0.2) is 28.0 Å². The van der Waals surface area contributed by atoms with Gasteiger partial charge in [-0.15, -0.1) is 22.7 Å². The van der Waals surface area contributed by atoms with E-state index in [1.807, 2.05) is 6.07 Å². The van der Waals surface area contributed by atoms with Crippen molar-refractivity contribution in [3.8, 4) is 9.88 Å². The van der Waals surface area contributed by atoms with Crippen LogP contribution in [0.4, 0.5) is 0 Å². The lowest BCUT2D eigenvalue weighted by atomic mass is 10.2. The Morgan fingerprint density at radius 3 is 2.87 bits per heavy atom. The van der Waals surface area contributed by atoms with Crippen molar-refractivity contribution in [1.29, 1.82) is 0 Å². The summed E-state index contributed by atoms with van der Waals surface area (Å²) >= 11 is 8.75. The smallest absolute Gasteiger partial charge is 0.326 e. The molecule has 23 heavy (non-hydrogen) atoms.